The standard InChI is InChI=1S/C27H27N3O2/c1-20-11-13-23(14-12-20)32-16-15-30-25-10-6-5-9-24(25)28-27(30)22-17-26(31)29(19-22)18-21-7-3-2-4-8-21/h2-14,22H,15-19H2,1H3/t22-/m0/s1. The van der Waals surface area contributed by atoms with Crippen LogP contribution in [0, 0.1) is 6.92 Å². The smallest absolute Gasteiger partial charge is 0.223 e. The molecule has 0 N–H and O–H groups in total. The molecule has 1 amide bonds. The highest BCUT2D eigenvalue weighted by Gasteiger charge is 2.33. The van der Waals surface area contributed by atoms with Crippen molar-refractivity contribution in [1.82, 2.24) is 14.5 Å². The van der Waals surface area contributed by atoms with E-state index in [-0.39, 0.29) is 11.8 Å². The second-order valence-electron chi connectivity index (χ2n) is 8.43. The van der Waals surface area contributed by atoms with Crippen LogP contribution in [0.15, 0.2) is 78.9 Å². The highest BCUT2D eigenvalue weighted by molar-refractivity contribution is 5.81. The number of ether oxygens (including phenoxy) is 1. The Balaban J connectivity index is 1.35. The van der Waals surface area contributed by atoms with Gasteiger partial charge in [0.05, 0.1) is 17.6 Å². The van der Waals surface area contributed by atoms with Crippen LogP contribution in [0.2, 0.25) is 0 Å². The molecule has 32 heavy (non-hydrogen) atoms. The Labute approximate surface area is 188 Å². The Bertz CT molecular complexity index is 1210. The molecule has 1 atom stereocenters. The van der Waals surface area contributed by atoms with Gasteiger partial charge in [-0.25, -0.2) is 4.98 Å². The fourth-order valence-corrected chi connectivity index (χ4v) is 4.43. The van der Waals surface area contributed by atoms with E-state index in [0.29, 0.717) is 32.7 Å². The summed E-state index contributed by atoms with van der Waals surface area (Å²) in [5.74, 6) is 2.11. The van der Waals surface area contributed by atoms with Gasteiger partial charge in [-0.3, -0.25) is 4.79 Å². The molecule has 1 aliphatic heterocycles. The summed E-state index contributed by atoms with van der Waals surface area (Å²) in [5.41, 5.74) is 4.42. The number of imidazole rings is 1. The molecule has 162 valence electrons. The largest absolute Gasteiger partial charge is 0.492 e. The van der Waals surface area contributed by atoms with E-state index in [4.69, 9.17) is 9.72 Å². The van der Waals surface area contributed by atoms with Gasteiger partial charge in [0.2, 0.25) is 5.91 Å². The van der Waals surface area contributed by atoms with Crippen molar-refractivity contribution in [1.29, 1.82) is 0 Å². The Kier molecular flexibility index (Phi) is 5.63. The van der Waals surface area contributed by atoms with Gasteiger partial charge in [-0.15, -0.1) is 0 Å². The molecular weight excluding hydrogens is 398 g/mol. The van der Waals surface area contributed by atoms with E-state index >= 15 is 0 Å². The minimum absolute atomic E-state index is 0.0815. The number of rotatable bonds is 7. The van der Waals surface area contributed by atoms with Crippen molar-refractivity contribution in [3.05, 3.63) is 95.8 Å². The highest BCUT2D eigenvalue weighted by atomic mass is 16.5. The van der Waals surface area contributed by atoms with Gasteiger partial charge in [0.25, 0.3) is 0 Å². The zero-order valence-corrected chi connectivity index (χ0v) is 18.3. The van der Waals surface area contributed by atoms with Crippen LogP contribution in [0.3, 0.4) is 0 Å². The van der Waals surface area contributed by atoms with Crippen LogP contribution < -0.4 is 4.74 Å². The molecular formula is C27H27N3O2. The molecule has 0 unspecified atom stereocenters. The Morgan fingerprint density at radius 3 is 2.53 bits per heavy atom. The van der Waals surface area contributed by atoms with E-state index in [0.717, 1.165) is 28.2 Å². The van der Waals surface area contributed by atoms with Gasteiger partial charge >= 0.3 is 0 Å². The topological polar surface area (TPSA) is 47.4 Å². The van der Waals surface area contributed by atoms with Crippen molar-refractivity contribution >= 4 is 16.9 Å². The predicted octanol–water partition coefficient (Wildman–Crippen LogP) is 4.94. The van der Waals surface area contributed by atoms with E-state index in [1.165, 1.54) is 5.56 Å². The molecule has 4 aromatic rings. The number of para-hydroxylation sites is 2. The number of aromatic nitrogens is 2. The summed E-state index contributed by atoms with van der Waals surface area (Å²) in [5, 5.41) is 0. The highest BCUT2D eigenvalue weighted by Crippen LogP contribution is 2.31. The van der Waals surface area contributed by atoms with Crippen molar-refractivity contribution in [3.63, 3.8) is 0 Å². The van der Waals surface area contributed by atoms with Crippen LogP contribution >= 0.6 is 0 Å². The van der Waals surface area contributed by atoms with Crippen LogP contribution in [-0.2, 0) is 17.9 Å². The molecule has 1 saturated heterocycles. The van der Waals surface area contributed by atoms with E-state index in [1.807, 2.05) is 53.4 Å². The first-order valence-corrected chi connectivity index (χ1v) is 11.1. The van der Waals surface area contributed by atoms with Crippen LogP contribution in [0.25, 0.3) is 11.0 Å². The molecule has 1 fully saturated rings. The minimum Gasteiger partial charge on any atom is -0.492 e. The van der Waals surface area contributed by atoms with Crippen molar-refractivity contribution in [2.75, 3.05) is 13.2 Å². The summed E-state index contributed by atoms with van der Waals surface area (Å²) in [4.78, 5) is 19.7. The van der Waals surface area contributed by atoms with Crippen molar-refractivity contribution in [3.8, 4) is 5.75 Å². The normalized spacial score (nSPS) is 16.1. The number of aryl methyl sites for hydroxylation is 1. The number of hydrogen-bond donors (Lipinski definition) is 0. The lowest BCUT2D eigenvalue weighted by Crippen LogP contribution is -2.24. The van der Waals surface area contributed by atoms with Crippen molar-refractivity contribution in [2.45, 2.75) is 32.4 Å². The van der Waals surface area contributed by atoms with E-state index in [2.05, 4.69) is 41.8 Å². The molecule has 5 rings (SSSR count). The Morgan fingerprint density at radius 1 is 0.969 bits per heavy atom. The molecule has 0 radical (unpaired) electrons. The van der Waals surface area contributed by atoms with E-state index in [9.17, 15) is 4.79 Å². The summed E-state index contributed by atoms with van der Waals surface area (Å²) in [7, 11) is 0. The lowest BCUT2D eigenvalue weighted by molar-refractivity contribution is -0.128. The monoisotopic (exact) mass is 425 g/mol. The van der Waals surface area contributed by atoms with Gasteiger partial charge in [0.1, 0.15) is 18.2 Å². The summed E-state index contributed by atoms with van der Waals surface area (Å²) < 4.78 is 8.23. The number of hydrogen-bond acceptors (Lipinski definition) is 3. The minimum atomic E-state index is 0.0815. The number of carbonyl (C=O) groups is 1. The lowest BCUT2D eigenvalue weighted by Gasteiger charge is -2.17. The molecule has 1 aliphatic rings. The van der Waals surface area contributed by atoms with Crippen molar-refractivity contribution in [2.24, 2.45) is 0 Å². The third-order valence-electron chi connectivity index (χ3n) is 6.08. The number of fused-ring (bicyclic) bond motifs is 1. The van der Waals surface area contributed by atoms with Gasteiger partial charge in [0.15, 0.2) is 0 Å². The Morgan fingerprint density at radius 2 is 1.72 bits per heavy atom. The van der Waals surface area contributed by atoms with Gasteiger partial charge in [-0.1, -0.05) is 60.2 Å². The fourth-order valence-electron chi connectivity index (χ4n) is 4.43. The molecule has 1 aromatic heterocycles. The molecule has 0 saturated carbocycles. The number of likely N-dealkylation sites (tertiary alicyclic amines) is 1. The number of benzene rings is 3. The summed E-state index contributed by atoms with van der Waals surface area (Å²) in [6.45, 7) is 4.64. The van der Waals surface area contributed by atoms with Gasteiger partial charge in [0, 0.05) is 25.4 Å². The molecule has 5 heteroatoms. The molecule has 5 nitrogen and oxygen atoms in total. The SMILES string of the molecule is Cc1ccc(OCCn2c([C@H]3CC(=O)N(Cc4ccccc4)C3)nc3ccccc32)cc1. The zero-order valence-electron chi connectivity index (χ0n) is 18.3. The van der Waals surface area contributed by atoms with Crippen LogP contribution in [0.4, 0.5) is 0 Å². The van der Waals surface area contributed by atoms with Crippen molar-refractivity contribution < 1.29 is 9.53 Å². The third kappa shape index (κ3) is 4.24. The number of carbonyl (C=O) groups excluding carboxylic acids is 1. The maximum Gasteiger partial charge on any atom is 0.223 e. The first kappa shape index (κ1) is 20.3. The predicted molar refractivity (Wildman–Crippen MR) is 126 cm³/mol. The molecule has 0 bridgehead atoms. The first-order valence-electron chi connectivity index (χ1n) is 11.1. The molecule has 0 aliphatic carbocycles. The average molecular weight is 426 g/mol. The van der Waals surface area contributed by atoms with Crippen LogP contribution in [-0.4, -0.2) is 33.5 Å². The summed E-state index contributed by atoms with van der Waals surface area (Å²) in [6.07, 6.45) is 0.495. The number of nitrogens with zero attached hydrogens (tertiary/aromatic N) is 3. The molecule has 3 aromatic carbocycles. The van der Waals surface area contributed by atoms with E-state index in [1.54, 1.807) is 0 Å². The van der Waals surface area contributed by atoms with E-state index < -0.39 is 0 Å². The third-order valence-corrected chi connectivity index (χ3v) is 6.08. The molecule has 2 heterocycles. The molecule has 0 spiro atoms. The quantitative estimate of drug-likeness (QED) is 0.421. The second kappa shape index (κ2) is 8.87. The van der Waals surface area contributed by atoms with Gasteiger partial charge < -0.3 is 14.2 Å². The first-order chi connectivity index (χ1) is 15.7. The van der Waals surface area contributed by atoms with Crippen LogP contribution in [0.1, 0.15) is 29.3 Å². The Hall–Kier alpha value is -3.60. The van der Waals surface area contributed by atoms with Gasteiger partial charge in [-0.05, 0) is 36.8 Å². The maximum atomic E-state index is 12.8. The summed E-state index contributed by atoms with van der Waals surface area (Å²) >= 11 is 0. The number of amides is 1. The maximum absolute atomic E-state index is 12.8. The zero-order chi connectivity index (χ0) is 21.9. The fraction of sp³-hybridized carbons (Fsp3) is 0.259. The lowest BCUT2D eigenvalue weighted by atomic mass is 10.1. The van der Waals surface area contributed by atoms with Gasteiger partial charge in [-0.2, -0.15) is 0 Å². The second-order valence-corrected chi connectivity index (χ2v) is 8.43. The summed E-state index contributed by atoms with van der Waals surface area (Å²) in [6, 6.07) is 26.4. The average Bonchev–Trinajstić information content (AvgIpc) is 3.36. The van der Waals surface area contributed by atoms with Crippen LogP contribution in [0.5, 0.6) is 5.75 Å².